The molecule has 0 spiro atoms. The van der Waals surface area contributed by atoms with Crippen LogP contribution < -0.4 is 10.6 Å². The summed E-state index contributed by atoms with van der Waals surface area (Å²) in [5.74, 6) is -1.66. The normalized spacial score (nSPS) is 11.7. The highest BCUT2D eigenvalue weighted by Gasteiger charge is 2.10. The predicted molar refractivity (Wildman–Crippen MR) is 69.8 cm³/mol. The Balaban J connectivity index is 2.42. The van der Waals surface area contributed by atoms with E-state index in [2.05, 4.69) is 10.6 Å². The third-order valence-corrected chi connectivity index (χ3v) is 2.60. The molecule has 1 aromatic carbocycles. The third kappa shape index (κ3) is 5.56. The first-order chi connectivity index (χ1) is 8.88. The molecule has 0 fully saturated rings. The number of carboxylic acids is 1. The van der Waals surface area contributed by atoms with Crippen molar-refractivity contribution in [2.24, 2.45) is 5.92 Å². The van der Waals surface area contributed by atoms with Crippen molar-refractivity contribution in [2.45, 2.75) is 13.3 Å². The van der Waals surface area contributed by atoms with Gasteiger partial charge in [0.1, 0.15) is 5.82 Å². The molecule has 0 saturated carbocycles. The lowest BCUT2D eigenvalue weighted by Crippen LogP contribution is -2.32. The smallest absolute Gasteiger partial charge is 0.319 e. The van der Waals surface area contributed by atoms with Gasteiger partial charge in [0.2, 0.25) is 0 Å². The van der Waals surface area contributed by atoms with Crippen molar-refractivity contribution in [3.63, 3.8) is 0 Å². The Bertz CT molecular complexity index is 482. The lowest BCUT2D eigenvalue weighted by atomic mass is 10.1. The Kier molecular flexibility index (Phi) is 5.57. The number of rotatable bonds is 5. The van der Waals surface area contributed by atoms with Gasteiger partial charge in [-0.1, -0.05) is 18.5 Å². The summed E-state index contributed by atoms with van der Waals surface area (Å²) in [6.45, 7) is 1.94. The van der Waals surface area contributed by atoms with Gasteiger partial charge < -0.3 is 15.7 Å². The second kappa shape index (κ2) is 6.94. The van der Waals surface area contributed by atoms with Crippen LogP contribution in [0.3, 0.4) is 0 Å². The van der Waals surface area contributed by atoms with Crippen LogP contribution in [0.5, 0.6) is 0 Å². The number of benzene rings is 1. The number of hydrogen-bond donors (Lipinski definition) is 3. The van der Waals surface area contributed by atoms with Gasteiger partial charge in [-0.05, 0) is 24.1 Å². The first-order valence-electron chi connectivity index (χ1n) is 5.60. The van der Waals surface area contributed by atoms with Crippen molar-refractivity contribution in [1.82, 2.24) is 5.32 Å². The van der Waals surface area contributed by atoms with Gasteiger partial charge in [0.05, 0.1) is 5.02 Å². The topological polar surface area (TPSA) is 78.4 Å². The molecule has 1 atom stereocenters. The molecule has 1 unspecified atom stereocenters. The zero-order valence-electron chi connectivity index (χ0n) is 10.2. The van der Waals surface area contributed by atoms with Crippen LogP contribution in [0.2, 0.25) is 5.02 Å². The molecule has 0 aromatic heterocycles. The summed E-state index contributed by atoms with van der Waals surface area (Å²) >= 11 is 5.57. The molecule has 19 heavy (non-hydrogen) atoms. The van der Waals surface area contributed by atoms with Crippen LogP contribution in [0.15, 0.2) is 18.2 Å². The fourth-order valence-electron chi connectivity index (χ4n) is 1.39. The fourth-order valence-corrected chi connectivity index (χ4v) is 1.57. The van der Waals surface area contributed by atoms with E-state index < -0.39 is 17.8 Å². The lowest BCUT2D eigenvalue weighted by molar-refractivity contribution is -0.137. The highest BCUT2D eigenvalue weighted by atomic mass is 35.5. The molecule has 5 nitrogen and oxygen atoms in total. The van der Waals surface area contributed by atoms with Gasteiger partial charge in [0.15, 0.2) is 0 Å². The van der Waals surface area contributed by atoms with Crippen molar-refractivity contribution in [3.8, 4) is 0 Å². The molecule has 0 radical (unpaired) electrons. The number of anilines is 1. The maximum atomic E-state index is 12.9. The summed E-state index contributed by atoms with van der Waals surface area (Å²) in [5, 5.41) is 13.5. The Morgan fingerprint density at radius 2 is 2.16 bits per heavy atom. The van der Waals surface area contributed by atoms with Gasteiger partial charge in [0.25, 0.3) is 0 Å². The molecule has 1 rings (SSSR count). The number of halogens is 2. The first-order valence-corrected chi connectivity index (χ1v) is 5.98. The first kappa shape index (κ1) is 15.2. The molecule has 7 heteroatoms. The van der Waals surface area contributed by atoms with E-state index >= 15 is 0 Å². The zero-order chi connectivity index (χ0) is 14.4. The van der Waals surface area contributed by atoms with Crippen molar-refractivity contribution in [2.75, 3.05) is 11.9 Å². The van der Waals surface area contributed by atoms with Crippen molar-refractivity contribution in [3.05, 3.63) is 29.0 Å². The number of nitrogens with one attached hydrogen (secondary N) is 2. The van der Waals surface area contributed by atoms with Crippen molar-refractivity contribution < 1.29 is 19.1 Å². The SMILES string of the molecule is CC(CNC(=O)Nc1ccc(F)c(Cl)c1)CC(=O)O. The largest absolute Gasteiger partial charge is 0.481 e. The molecule has 0 aliphatic rings. The van der Waals surface area contributed by atoms with Crippen LogP contribution in [-0.2, 0) is 4.79 Å². The van der Waals surface area contributed by atoms with Crippen LogP contribution in [0, 0.1) is 11.7 Å². The molecule has 3 N–H and O–H groups in total. The molecule has 0 aliphatic heterocycles. The summed E-state index contributed by atoms with van der Waals surface area (Å²) in [6, 6.07) is 3.31. The van der Waals surface area contributed by atoms with Crippen LogP contribution in [0.25, 0.3) is 0 Å². The molecule has 0 bridgehead atoms. The quantitative estimate of drug-likeness (QED) is 0.779. The maximum absolute atomic E-state index is 12.9. The average Bonchev–Trinajstić information content (AvgIpc) is 2.30. The van der Waals surface area contributed by atoms with Gasteiger partial charge in [-0.15, -0.1) is 0 Å². The van der Waals surface area contributed by atoms with Gasteiger partial charge >= 0.3 is 12.0 Å². The Morgan fingerprint density at radius 1 is 1.47 bits per heavy atom. The zero-order valence-corrected chi connectivity index (χ0v) is 11.0. The minimum Gasteiger partial charge on any atom is -0.481 e. The van der Waals surface area contributed by atoms with Gasteiger partial charge in [-0.25, -0.2) is 9.18 Å². The summed E-state index contributed by atoms with van der Waals surface area (Å²) in [6.07, 6.45) is -0.0251. The minimum absolute atomic E-state index is 0.0251. The molecular formula is C12H14ClFN2O3. The molecular weight excluding hydrogens is 275 g/mol. The molecule has 1 aromatic rings. The van der Waals surface area contributed by atoms with E-state index in [0.717, 1.165) is 6.07 Å². The van der Waals surface area contributed by atoms with Crippen molar-refractivity contribution in [1.29, 1.82) is 0 Å². The number of carbonyl (C=O) groups is 2. The Labute approximate surface area is 114 Å². The van der Waals surface area contributed by atoms with Crippen LogP contribution in [-0.4, -0.2) is 23.7 Å². The number of carboxylic acid groups (broad SMARTS) is 1. The highest BCUT2D eigenvalue weighted by Crippen LogP contribution is 2.19. The highest BCUT2D eigenvalue weighted by molar-refractivity contribution is 6.31. The fraction of sp³-hybridized carbons (Fsp3) is 0.333. The third-order valence-electron chi connectivity index (χ3n) is 2.31. The molecule has 0 saturated heterocycles. The summed E-state index contributed by atoms with van der Waals surface area (Å²) in [5.41, 5.74) is 0.356. The Morgan fingerprint density at radius 3 is 2.74 bits per heavy atom. The monoisotopic (exact) mass is 288 g/mol. The lowest BCUT2D eigenvalue weighted by Gasteiger charge is -2.11. The van der Waals surface area contributed by atoms with E-state index in [-0.39, 0.29) is 23.9 Å². The average molecular weight is 289 g/mol. The molecule has 104 valence electrons. The molecule has 0 heterocycles. The number of hydrogen-bond acceptors (Lipinski definition) is 2. The van der Waals surface area contributed by atoms with E-state index in [1.54, 1.807) is 6.92 Å². The molecule has 0 aliphatic carbocycles. The number of carbonyl (C=O) groups excluding carboxylic acids is 1. The van der Waals surface area contributed by atoms with E-state index in [0.29, 0.717) is 5.69 Å². The summed E-state index contributed by atoms with van der Waals surface area (Å²) < 4.78 is 12.9. The van der Waals surface area contributed by atoms with Gasteiger partial charge in [-0.3, -0.25) is 4.79 Å². The number of amides is 2. The van der Waals surface area contributed by atoms with Crippen molar-refractivity contribution >= 4 is 29.3 Å². The number of urea groups is 1. The van der Waals surface area contributed by atoms with Gasteiger partial charge in [-0.2, -0.15) is 0 Å². The maximum Gasteiger partial charge on any atom is 0.319 e. The summed E-state index contributed by atoms with van der Waals surface area (Å²) in [7, 11) is 0. The summed E-state index contributed by atoms with van der Waals surface area (Å²) in [4.78, 5) is 21.9. The second-order valence-electron chi connectivity index (χ2n) is 4.17. The second-order valence-corrected chi connectivity index (χ2v) is 4.57. The standard InChI is InChI=1S/C12H14ClFN2O3/c1-7(4-11(17)18)6-15-12(19)16-8-2-3-10(14)9(13)5-8/h2-3,5,7H,4,6H2,1H3,(H,17,18)(H2,15,16,19). The van der Waals surface area contributed by atoms with E-state index in [4.69, 9.17) is 16.7 Å². The molecule has 2 amide bonds. The van der Waals surface area contributed by atoms with E-state index in [9.17, 15) is 14.0 Å². The van der Waals surface area contributed by atoms with Crippen LogP contribution in [0.1, 0.15) is 13.3 Å². The predicted octanol–water partition coefficient (Wildman–Crippen LogP) is 2.71. The minimum atomic E-state index is -0.917. The Hall–Kier alpha value is -1.82. The van der Waals surface area contributed by atoms with Gasteiger partial charge in [0, 0.05) is 18.7 Å². The van der Waals surface area contributed by atoms with Crippen LogP contribution in [0.4, 0.5) is 14.9 Å². The van der Waals surface area contributed by atoms with Crippen LogP contribution >= 0.6 is 11.6 Å². The number of aliphatic carboxylic acids is 1. The van der Waals surface area contributed by atoms with E-state index in [1.165, 1.54) is 12.1 Å². The van der Waals surface area contributed by atoms with E-state index in [1.807, 2.05) is 0 Å².